The van der Waals surface area contributed by atoms with E-state index in [0.717, 1.165) is 5.69 Å². The largest absolute Gasteiger partial charge is 0.396 e. The fourth-order valence-electron chi connectivity index (χ4n) is 2.60. The second-order valence-corrected chi connectivity index (χ2v) is 4.88. The first-order chi connectivity index (χ1) is 7.20. The number of nitrogen functional groups attached to an aromatic ring is 1. The predicted molar refractivity (Wildman–Crippen MR) is 62.9 cm³/mol. The van der Waals surface area contributed by atoms with Gasteiger partial charge in [0.15, 0.2) is 0 Å². The molecule has 0 unspecified atom stereocenters. The second kappa shape index (κ2) is 4.25. The molecule has 0 aliphatic heterocycles. The Morgan fingerprint density at radius 1 is 1.33 bits per heavy atom. The number of nitrogens with zero attached hydrogens (tertiary/aromatic N) is 2. The van der Waals surface area contributed by atoms with Crippen molar-refractivity contribution in [3.63, 3.8) is 0 Å². The van der Waals surface area contributed by atoms with E-state index in [-0.39, 0.29) is 0 Å². The van der Waals surface area contributed by atoms with Crippen LogP contribution in [0.4, 0.5) is 5.69 Å². The van der Waals surface area contributed by atoms with E-state index in [1.54, 1.807) is 0 Å². The third kappa shape index (κ3) is 2.01. The molecule has 0 atom stereocenters. The summed E-state index contributed by atoms with van der Waals surface area (Å²) in [5.74, 6) is 0.467. The highest BCUT2D eigenvalue weighted by Gasteiger charge is 2.21. The van der Waals surface area contributed by atoms with Gasteiger partial charge in [-0.3, -0.25) is 4.68 Å². The van der Waals surface area contributed by atoms with Gasteiger partial charge in [-0.15, -0.1) is 0 Å². The first kappa shape index (κ1) is 10.5. The minimum atomic E-state index is 0.467. The van der Waals surface area contributed by atoms with Crippen LogP contribution in [-0.2, 0) is 0 Å². The number of rotatable bonds is 2. The van der Waals surface area contributed by atoms with Gasteiger partial charge in [0.05, 0.1) is 23.6 Å². The molecule has 0 radical (unpaired) electrons. The molecule has 1 aliphatic rings. The average molecular weight is 207 g/mol. The van der Waals surface area contributed by atoms with E-state index in [4.69, 9.17) is 5.73 Å². The van der Waals surface area contributed by atoms with Crippen molar-refractivity contribution in [2.75, 3.05) is 5.73 Å². The SMILES string of the molecule is CC(C)c1c(N)cnn1C1CCCCC1. The summed E-state index contributed by atoms with van der Waals surface area (Å²) in [5, 5.41) is 4.45. The zero-order chi connectivity index (χ0) is 10.8. The Morgan fingerprint density at radius 2 is 2.00 bits per heavy atom. The molecule has 3 heteroatoms. The Bertz CT molecular complexity index is 322. The molecule has 0 saturated heterocycles. The summed E-state index contributed by atoms with van der Waals surface area (Å²) in [4.78, 5) is 0. The molecule has 3 nitrogen and oxygen atoms in total. The summed E-state index contributed by atoms with van der Waals surface area (Å²) in [6.45, 7) is 4.37. The van der Waals surface area contributed by atoms with Crippen molar-refractivity contribution >= 4 is 5.69 Å². The number of hydrogen-bond acceptors (Lipinski definition) is 2. The number of hydrogen-bond donors (Lipinski definition) is 1. The molecule has 15 heavy (non-hydrogen) atoms. The van der Waals surface area contributed by atoms with E-state index in [1.165, 1.54) is 37.8 Å². The molecular formula is C12H21N3. The van der Waals surface area contributed by atoms with Gasteiger partial charge in [-0.2, -0.15) is 5.10 Å². The van der Waals surface area contributed by atoms with Crippen molar-refractivity contribution in [1.29, 1.82) is 0 Å². The molecule has 2 N–H and O–H groups in total. The summed E-state index contributed by atoms with van der Waals surface area (Å²) in [5.41, 5.74) is 8.05. The van der Waals surface area contributed by atoms with E-state index >= 15 is 0 Å². The topological polar surface area (TPSA) is 43.8 Å². The van der Waals surface area contributed by atoms with E-state index < -0.39 is 0 Å². The monoisotopic (exact) mass is 207 g/mol. The zero-order valence-electron chi connectivity index (χ0n) is 9.74. The van der Waals surface area contributed by atoms with Gasteiger partial charge < -0.3 is 5.73 Å². The molecule has 1 aromatic heterocycles. The van der Waals surface area contributed by atoms with Crippen molar-refractivity contribution in [2.24, 2.45) is 0 Å². The predicted octanol–water partition coefficient (Wildman–Crippen LogP) is 3.09. The maximum Gasteiger partial charge on any atom is 0.0735 e. The van der Waals surface area contributed by atoms with Gasteiger partial charge >= 0.3 is 0 Å². The van der Waals surface area contributed by atoms with Crippen LogP contribution in [0, 0.1) is 0 Å². The lowest BCUT2D eigenvalue weighted by atomic mass is 9.95. The Morgan fingerprint density at radius 3 is 2.60 bits per heavy atom. The zero-order valence-corrected chi connectivity index (χ0v) is 9.74. The second-order valence-electron chi connectivity index (χ2n) is 4.88. The van der Waals surface area contributed by atoms with Crippen molar-refractivity contribution in [3.8, 4) is 0 Å². The average Bonchev–Trinajstić information content (AvgIpc) is 2.61. The molecule has 1 aromatic rings. The highest BCUT2D eigenvalue weighted by Crippen LogP contribution is 2.32. The minimum Gasteiger partial charge on any atom is -0.396 e. The molecule has 1 aliphatic carbocycles. The normalized spacial score (nSPS) is 18.6. The van der Waals surface area contributed by atoms with Crippen LogP contribution in [0.1, 0.15) is 63.6 Å². The van der Waals surface area contributed by atoms with Gasteiger partial charge in [-0.1, -0.05) is 33.1 Å². The molecule has 0 bridgehead atoms. The van der Waals surface area contributed by atoms with Gasteiger partial charge in [0.25, 0.3) is 0 Å². The highest BCUT2D eigenvalue weighted by atomic mass is 15.3. The number of aromatic nitrogens is 2. The van der Waals surface area contributed by atoms with Gasteiger partial charge in [-0.05, 0) is 18.8 Å². The maximum atomic E-state index is 5.97. The minimum absolute atomic E-state index is 0.467. The van der Waals surface area contributed by atoms with Gasteiger partial charge in [0, 0.05) is 0 Å². The van der Waals surface area contributed by atoms with Crippen LogP contribution in [0.5, 0.6) is 0 Å². The summed E-state index contributed by atoms with van der Waals surface area (Å²) < 4.78 is 2.18. The summed E-state index contributed by atoms with van der Waals surface area (Å²) >= 11 is 0. The maximum absolute atomic E-state index is 5.97. The molecule has 84 valence electrons. The van der Waals surface area contributed by atoms with Crippen LogP contribution in [0.25, 0.3) is 0 Å². The molecule has 1 fully saturated rings. The number of anilines is 1. The van der Waals surface area contributed by atoms with Crippen LogP contribution in [0.3, 0.4) is 0 Å². The summed E-state index contributed by atoms with van der Waals surface area (Å²) in [6.07, 6.45) is 8.39. The quantitative estimate of drug-likeness (QED) is 0.809. The van der Waals surface area contributed by atoms with Crippen LogP contribution in [0.15, 0.2) is 6.20 Å². The van der Waals surface area contributed by atoms with Gasteiger partial charge in [0.1, 0.15) is 0 Å². The number of nitrogens with two attached hydrogens (primary N) is 1. The summed E-state index contributed by atoms with van der Waals surface area (Å²) in [7, 11) is 0. The Labute approximate surface area is 91.7 Å². The fourth-order valence-corrected chi connectivity index (χ4v) is 2.60. The molecule has 0 spiro atoms. The first-order valence-electron chi connectivity index (χ1n) is 6.03. The Kier molecular flexibility index (Phi) is 2.98. The lowest BCUT2D eigenvalue weighted by Gasteiger charge is -2.25. The van der Waals surface area contributed by atoms with Crippen molar-refractivity contribution < 1.29 is 0 Å². The smallest absolute Gasteiger partial charge is 0.0735 e. The van der Waals surface area contributed by atoms with Crippen LogP contribution >= 0.6 is 0 Å². The van der Waals surface area contributed by atoms with Gasteiger partial charge in [-0.25, -0.2) is 0 Å². The first-order valence-corrected chi connectivity index (χ1v) is 6.03. The van der Waals surface area contributed by atoms with Crippen LogP contribution in [0.2, 0.25) is 0 Å². The summed E-state index contributed by atoms with van der Waals surface area (Å²) in [6, 6.07) is 0.591. The van der Waals surface area contributed by atoms with E-state index in [2.05, 4.69) is 23.6 Å². The molecule has 2 rings (SSSR count). The van der Waals surface area contributed by atoms with Crippen molar-refractivity contribution in [3.05, 3.63) is 11.9 Å². The van der Waals surface area contributed by atoms with E-state index in [1.807, 2.05) is 6.20 Å². The molecular weight excluding hydrogens is 186 g/mol. The lowest BCUT2D eigenvalue weighted by Crippen LogP contribution is -2.17. The highest BCUT2D eigenvalue weighted by molar-refractivity contribution is 5.42. The van der Waals surface area contributed by atoms with Gasteiger partial charge in [0.2, 0.25) is 0 Å². The van der Waals surface area contributed by atoms with Crippen LogP contribution in [-0.4, -0.2) is 9.78 Å². The Balaban J connectivity index is 2.26. The molecule has 0 aromatic carbocycles. The van der Waals surface area contributed by atoms with E-state index in [9.17, 15) is 0 Å². The van der Waals surface area contributed by atoms with Crippen LogP contribution < -0.4 is 5.73 Å². The standard InChI is InChI=1S/C12H21N3/c1-9(2)12-11(13)8-14-15(12)10-6-4-3-5-7-10/h8-10H,3-7,13H2,1-2H3. The fraction of sp³-hybridized carbons (Fsp3) is 0.750. The Hall–Kier alpha value is -0.990. The third-order valence-electron chi connectivity index (χ3n) is 3.33. The van der Waals surface area contributed by atoms with Crippen molar-refractivity contribution in [1.82, 2.24) is 9.78 Å². The third-order valence-corrected chi connectivity index (χ3v) is 3.33. The molecule has 0 amide bonds. The van der Waals surface area contributed by atoms with Crippen molar-refractivity contribution in [2.45, 2.75) is 57.9 Å². The van der Waals surface area contributed by atoms with E-state index in [0.29, 0.717) is 12.0 Å². The molecule has 1 saturated carbocycles. The lowest BCUT2D eigenvalue weighted by molar-refractivity contribution is 0.319. The molecule has 1 heterocycles.